The first-order chi connectivity index (χ1) is 10.7. The summed E-state index contributed by atoms with van der Waals surface area (Å²) in [5, 5.41) is 6.60. The maximum absolute atomic E-state index is 11.8. The second-order valence-electron chi connectivity index (χ2n) is 5.49. The van der Waals surface area contributed by atoms with E-state index in [1.807, 2.05) is 24.3 Å². The Hall–Kier alpha value is -2.17. The molecule has 0 aliphatic rings. The summed E-state index contributed by atoms with van der Waals surface area (Å²) in [5.74, 6) is 0. The molecule has 4 heteroatoms. The van der Waals surface area contributed by atoms with Crippen molar-refractivity contribution in [2.24, 2.45) is 0 Å². The predicted molar refractivity (Wildman–Crippen MR) is 88.2 cm³/mol. The minimum atomic E-state index is -0.320. The lowest BCUT2D eigenvalue weighted by molar-refractivity contribution is 0.171. The van der Waals surface area contributed by atoms with Gasteiger partial charge in [-0.1, -0.05) is 30.3 Å². The van der Waals surface area contributed by atoms with Crippen molar-refractivity contribution in [3.63, 3.8) is 0 Å². The van der Waals surface area contributed by atoms with Crippen LogP contribution in [0.1, 0.15) is 12.5 Å². The fourth-order valence-corrected chi connectivity index (χ4v) is 2.75. The van der Waals surface area contributed by atoms with Crippen molar-refractivity contribution < 1.29 is 9.15 Å². The van der Waals surface area contributed by atoms with Crippen molar-refractivity contribution in [1.82, 2.24) is 5.32 Å². The molecule has 114 valence electrons. The van der Waals surface area contributed by atoms with E-state index in [4.69, 9.17) is 9.15 Å². The van der Waals surface area contributed by atoms with Gasteiger partial charge in [-0.15, -0.1) is 0 Å². The van der Waals surface area contributed by atoms with Gasteiger partial charge in [0.25, 0.3) is 0 Å². The van der Waals surface area contributed by atoms with Crippen molar-refractivity contribution in [3.05, 3.63) is 58.4 Å². The first-order valence-corrected chi connectivity index (χ1v) is 7.36. The van der Waals surface area contributed by atoms with Gasteiger partial charge in [-0.25, -0.2) is 4.79 Å². The van der Waals surface area contributed by atoms with E-state index in [0.717, 1.165) is 21.7 Å². The Morgan fingerprint density at radius 3 is 2.86 bits per heavy atom. The van der Waals surface area contributed by atoms with Gasteiger partial charge in [0.05, 0.1) is 6.61 Å². The second kappa shape index (κ2) is 6.30. The molecule has 3 rings (SSSR count). The molecule has 0 fully saturated rings. The molecule has 1 N–H and O–H groups in total. The van der Waals surface area contributed by atoms with E-state index in [-0.39, 0.29) is 11.7 Å². The molecule has 0 unspecified atom stereocenters. The van der Waals surface area contributed by atoms with Gasteiger partial charge < -0.3 is 14.5 Å². The van der Waals surface area contributed by atoms with Crippen molar-refractivity contribution in [1.29, 1.82) is 0 Å². The van der Waals surface area contributed by atoms with Crippen molar-refractivity contribution in [3.8, 4) is 0 Å². The van der Waals surface area contributed by atoms with Crippen LogP contribution in [0.15, 0.2) is 51.7 Å². The minimum absolute atomic E-state index is 0.210. The lowest BCUT2D eigenvalue weighted by atomic mass is 10.0. The number of hydrogen-bond donors (Lipinski definition) is 1. The highest BCUT2D eigenvalue weighted by atomic mass is 16.5. The SMILES string of the molecule is COC[C@H](C)NCc1cc(=O)oc2ccc3ccccc3c12. The molecular formula is C18H19NO3. The van der Waals surface area contributed by atoms with Crippen molar-refractivity contribution >= 4 is 21.7 Å². The minimum Gasteiger partial charge on any atom is -0.423 e. The van der Waals surface area contributed by atoms with Gasteiger partial charge in [0.15, 0.2) is 0 Å². The third kappa shape index (κ3) is 2.89. The van der Waals surface area contributed by atoms with Gasteiger partial charge in [-0.05, 0) is 29.3 Å². The highest BCUT2D eigenvalue weighted by molar-refractivity contribution is 6.07. The number of hydrogen-bond acceptors (Lipinski definition) is 4. The number of ether oxygens (including phenoxy) is 1. The Morgan fingerprint density at radius 1 is 1.23 bits per heavy atom. The molecule has 0 aliphatic carbocycles. The molecule has 0 saturated carbocycles. The Balaban J connectivity index is 2.11. The predicted octanol–water partition coefficient (Wildman–Crippen LogP) is 3.07. The van der Waals surface area contributed by atoms with E-state index >= 15 is 0 Å². The Bertz CT molecular complexity index is 854. The van der Waals surface area contributed by atoms with Crippen LogP contribution in [0, 0.1) is 0 Å². The zero-order valence-electron chi connectivity index (χ0n) is 12.8. The molecule has 0 spiro atoms. The summed E-state index contributed by atoms with van der Waals surface area (Å²) in [6.45, 7) is 3.27. The summed E-state index contributed by atoms with van der Waals surface area (Å²) in [6, 6.07) is 13.7. The van der Waals surface area contributed by atoms with Gasteiger partial charge in [0, 0.05) is 31.1 Å². The highest BCUT2D eigenvalue weighted by Crippen LogP contribution is 2.27. The smallest absolute Gasteiger partial charge is 0.336 e. The highest BCUT2D eigenvalue weighted by Gasteiger charge is 2.10. The van der Waals surface area contributed by atoms with Crippen molar-refractivity contribution in [2.75, 3.05) is 13.7 Å². The topological polar surface area (TPSA) is 51.5 Å². The van der Waals surface area contributed by atoms with Gasteiger partial charge in [0.1, 0.15) is 5.58 Å². The fourth-order valence-electron chi connectivity index (χ4n) is 2.75. The zero-order valence-corrected chi connectivity index (χ0v) is 12.8. The number of methoxy groups -OCH3 is 1. The average molecular weight is 297 g/mol. The third-order valence-corrected chi connectivity index (χ3v) is 3.77. The van der Waals surface area contributed by atoms with Crippen LogP contribution in [-0.4, -0.2) is 19.8 Å². The largest absolute Gasteiger partial charge is 0.423 e. The van der Waals surface area contributed by atoms with Gasteiger partial charge >= 0.3 is 5.63 Å². The third-order valence-electron chi connectivity index (χ3n) is 3.77. The normalized spacial score (nSPS) is 12.8. The molecule has 3 aromatic rings. The molecule has 2 aromatic carbocycles. The molecule has 0 saturated heterocycles. The summed E-state index contributed by atoms with van der Waals surface area (Å²) < 4.78 is 10.5. The molecule has 0 radical (unpaired) electrons. The number of rotatable bonds is 5. The lowest BCUT2D eigenvalue weighted by Crippen LogP contribution is -2.29. The number of fused-ring (bicyclic) bond motifs is 3. The Morgan fingerprint density at radius 2 is 2.05 bits per heavy atom. The van der Waals surface area contributed by atoms with Crippen LogP contribution in [0.2, 0.25) is 0 Å². The summed E-state index contributed by atoms with van der Waals surface area (Å²) >= 11 is 0. The van der Waals surface area contributed by atoms with Crippen LogP contribution in [0.3, 0.4) is 0 Å². The summed E-state index contributed by atoms with van der Waals surface area (Å²) in [4.78, 5) is 11.8. The molecule has 4 nitrogen and oxygen atoms in total. The van der Waals surface area contributed by atoms with Crippen LogP contribution in [0.5, 0.6) is 0 Å². The standard InChI is InChI=1S/C18H19NO3/c1-12(11-21-2)19-10-14-9-17(20)22-16-8-7-13-5-3-4-6-15(13)18(14)16/h3-9,12,19H,10-11H2,1-2H3/t12-/m0/s1. The van der Waals surface area contributed by atoms with Crippen molar-refractivity contribution in [2.45, 2.75) is 19.5 Å². The molecule has 0 bridgehead atoms. The molecule has 1 aromatic heterocycles. The van der Waals surface area contributed by atoms with E-state index in [1.165, 1.54) is 0 Å². The molecule has 1 heterocycles. The summed E-state index contributed by atoms with van der Waals surface area (Å²) in [5.41, 5.74) is 1.26. The van der Waals surface area contributed by atoms with Gasteiger partial charge in [-0.3, -0.25) is 0 Å². The molecular weight excluding hydrogens is 278 g/mol. The lowest BCUT2D eigenvalue weighted by Gasteiger charge is -2.14. The summed E-state index contributed by atoms with van der Waals surface area (Å²) in [7, 11) is 1.68. The average Bonchev–Trinajstić information content (AvgIpc) is 2.52. The Labute approximate surface area is 128 Å². The number of benzene rings is 2. The van der Waals surface area contributed by atoms with Crippen LogP contribution in [-0.2, 0) is 11.3 Å². The zero-order chi connectivity index (χ0) is 15.5. The fraction of sp³-hybridized carbons (Fsp3) is 0.278. The molecule has 0 amide bonds. The van der Waals surface area contributed by atoms with E-state index in [2.05, 4.69) is 24.4 Å². The quantitative estimate of drug-likeness (QED) is 0.581. The molecule has 0 aliphatic heterocycles. The number of nitrogens with one attached hydrogen (secondary N) is 1. The van der Waals surface area contributed by atoms with Crippen LogP contribution in [0.4, 0.5) is 0 Å². The van der Waals surface area contributed by atoms with Crippen LogP contribution >= 0.6 is 0 Å². The molecule has 22 heavy (non-hydrogen) atoms. The summed E-state index contributed by atoms with van der Waals surface area (Å²) in [6.07, 6.45) is 0. The van der Waals surface area contributed by atoms with E-state index in [9.17, 15) is 4.79 Å². The first-order valence-electron chi connectivity index (χ1n) is 7.36. The van der Waals surface area contributed by atoms with Crippen LogP contribution in [0.25, 0.3) is 21.7 Å². The van der Waals surface area contributed by atoms with Crippen LogP contribution < -0.4 is 10.9 Å². The van der Waals surface area contributed by atoms with E-state index < -0.39 is 0 Å². The van der Waals surface area contributed by atoms with Gasteiger partial charge in [0.2, 0.25) is 0 Å². The van der Waals surface area contributed by atoms with Gasteiger partial charge in [-0.2, -0.15) is 0 Å². The second-order valence-corrected chi connectivity index (χ2v) is 5.49. The molecule has 1 atom stereocenters. The first kappa shape index (κ1) is 14.8. The maximum Gasteiger partial charge on any atom is 0.336 e. The maximum atomic E-state index is 11.8. The van der Waals surface area contributed by atoms with E-state index in [1.54, 1.807) is 13.2 Å². The Kier molecular flexibility index (Phi) is 4.22. The monoisotopic (exact) mass is 297 g/mol. The van der Waals surface area contributed by atoms with E-state index in [0.29, 0.717) is 18.7 Å².